The third kappa shape index (κ3) is 11.1. The van der Waals surface area contributed by atoms with Crippen molar-refractivity contribution in [2.24, 2.45) is 0 Å². The van der Waals surface area contributed by atoms with Gasteiger partial charge in [-0.25, -0.2) is 0 Å². The van der Waals surface area contributed by atoms with Crippen molar-refractivity contribution in [3.63, 3.8) is 0 Å². The van der Waals surface area contributed by atoms with Crippen LogP contribution in [-0.4, -0.2) is 24.4 Å². The SMILES string of the molecule is [SH2+]c1ccccc1[SH2+].[SH2+]c1ccccc1[SH2+].[SH2+]c1ccccc1[SH2+].[SbH2]. The van der Waals surface area contributed by atoms with Crippen molar-refractivity contribution in [2.75, 3.05) is 0 Å². The summed E-state index contributed by atoms with van der Waals surface area (Å²) in [4.78, 5) is 6.52. The van der Waals surface area contributed by atoms with Crippen LogP contribution in [0.5, 0.6) is 0 Å². The molecule has 0 unspecified atom stereocenters. The average molecular weight is 557 g/mol. The molecule has 0 nitrogen and oxygen atoms in total. The summed E-state index contributed by atoms with van der Waals surface area (Å²) in [5, 5.41) is 0. The Kier molecular flexibility index (Phi) is 15.0. The third-order valence-electron chi connectivity index (χ3n) is 2.78. The van der Waals surface area contributed by atoms with Crippen molar-refractivity contribution in [2.45, 2.75) is 29.4 Å². The van der Waals surface area contributed by atoms with Crippen LogP contribution in [0.4, 0.5) is 0 Å². The van der Waals surface area contributed by atoms with E-state index in [1.165, 1.54) is 0 Å². The molecule has 7 heteroatoms. The molecule has 0 aliphatic carbocycles. The number of rotatable bonds is 0. The van der Waals surface area contributed by atoms with Crippen molar-refractivity contribution in [3.05, 3.63) is 72.8 Å². The summed E-state index contributed by atoms with van der Waals surface area (Å²) in [6, 6.07) is 23.8. The standard InChI is InChI=1S/3C6H6S2.Sb.2H/c3*7-5-3-1-2-4-6(5)8;;;/h3*1-4,7-8H;;;/p+6. The van der Waals surface area contributed by atoms with Gasteiger partial charge in [0.05, 0.1) is 0 Å². The monoisotopic (exact) mass is 555 g/mol. The van der Waals surface area contributed by atoms with Gasteiger partial charge in [-0.05, 0) is 112 Å². The Morgan fingerprint density at radius 3 is 0.520 bits per heavy atom. The Hall–Kier alpha value is 0.578. The Morgan fingerprint density at radius 1 is 0.320 bits per heavy atom. The van der Waals surface area contributed by atoms with E-state index in [1.807, 2.05) is 72.8 Å². The normalized spacial score (nSPS) is 8.88. The Balaban J connectivity index is 0.000000339. The van der Waals surface area contributed by atoms with Gasteiger partial charge in [0.25, 0.3) is 0 Å². The second kappa shape index (κ2) is 14.6. The van der Waals surface area contributed by atoms with Gasteiger partial charge in [0.1, 0.15) is 0 Å². The summed E-state index contributed by atoms with van der Waals surface area (Å²) in [5.74, 6) is 0. The van der Waals surface area contributed by atoms with E-state index in [0.29, 0.717) is 0 Å². The van der Waals surface area contributed by atoms with Crippen LogP contribution >= 0.6 is 0 Å². The first-order valence-electron chi connectivity index (χ1n) is 6.98. The van der Waals surface area contributed by atoms with Crippen LogP contribution in [0.25, 0.3) is 0 Å². The molecule has 0 aliphatic rings. The van der Waals surface area contributed by atoms with E-state index < -0.39 is 0 Å². The fourth-order valence-electron chi connectivity index (χ4n) is 1.45. The molecule has 25 heavy (non-hydrogen) atoms. The van der Waals surface area contributed by atoms with Crippen LogP contribution < -0.4 is 0 Å². The summed E-state index contributed by atoms with van der Waals surface area (Å²) in [6.07, 6.45) is 0. The summed E-state index contributed by atoms with van der Waals surface area (Å²) >= 11 is 20.4. The van der Waals surface area contributed by atoms with Crippen molar-refractivity contribution in [1.29, 1.82) is 0 Å². The van der Waals surface area contributed by atoms with Crippen LogP contribution in [0, 0.1) is 0 Å². The molecular formula is C18H26S6Sb+6. The summed E-state index contributed by atoms with van der Waals surface area (Å²) in [5.41, 5.74) is 0. The second-order valence-electron chi connectivity index (χ2n) is 4.64. The first kappa shape index (κ1) is 25.6. The van der Waals surface area contributed by atoms with E-state index in [1.54, 1.807) is 0 Å². The summed E-state index contributed by atoms with van der Waals surface area (Å²) in [6.45, 7) is 0. The van der Waals surface area contributed by atoms with Crippen LogP contribution in [-0.2, 0) is 75.8 Å². The van der Waals surface area contributed by atoms with Gasteiger partial charge in [0.15, 0.2) is 0 Å². The predicted octanol–water partition coefficient (Wildman–Crippen LogP) is 0.366. The summed E-state index contributed by atoms with van der Waals surface area (Å²) < 4.78 is 0. The van der Waals surface area contributed by atoms with E-state index in [4.69, 9.17) is 0 Å². The third-order valence-corrected chi connectivity index (χ3v) is 6.15. The van der Waals surface area contributed by atoms with E-state index in [9.17, 15) is 0 Å². The maximum absolute atomic E-state index is 3.39. The number of hydrogen-bond acceptors (Lipinski definition) is 0. The van der Waals surface area contributed by atoms with Crippen molar-refractivity contribution in [1.82, 2.24) is 0 Å². The van der Waals surface area contributed by atoms with Gasteiger partial charge in [0.2, 0.25) is 29.4 Å². The van der Waals surface area contributed by atoms with Crippen LogP contribution in [0.15, 0.2) is 102 Å². The molecule has 3 aromatic carbocycles. The van der Waals surface area contributed by atoms with Gasteiger partial charge in [-0.3, -0.25) is 0 Å². The van der Waals surface area contributed by atoms with Crippen LogP contribution in [0.1, 0.15) is 0 Å². The topological polar surface area (TPSA) is 0 Å². The minimum atomic E-state index is 0. The van der Waals surface area contributed by atoms with Crippen molar-refractivity contribution >= 4 is 100 Å². The molecule has 0 heterocycles. The molecule has 1 radical (unpaired) electrons. The molecule has 0 bridgehead atoms. The zero-order valence-electron chi connectivity index (χ0n) is 13.5. The molecule has 3 rings (SSSR count). The van der Waals surface area contributed by atoms with Gasteiger partial charge in [-0.2, -0.15) is 0 Å². The summed E-state index contributed by atoms with van der Waals surface area (Å²) in [7, 11) is 0. The molecule has 0 atom stereocenters. The zero-order valence-corrected chi connectivity index (χ0v) is 22.8. The van der Waals surface area contributed by atoms with Gasteiger partial charge in [0, 0.05) is 0 Å². The Morgan fingerprint density at radius 2 is 0.440 bits per heavy atom. The quantitative estimate of drug-likeness (QED) is 0.278. The molecule has 3 aromatic rings. The maximum atomic E-state index is 3.39. The van der Waals surface area contributed by atoms with E-state index >= 15 is 0 Å². The van der Waals surface area contributed by atoms with Crippen LogP contribution in [0.3, 0.4) is 0 Å². The fourth-order valence-corrected chi connectivity index (χ4v) is 2.53. The first-order chi connectivity index (χ1) is 11.4. The van der Waals surface area contributed by atoms with E-state index in [2.05, 4.69) is 75.8 Å². The number of hydrogen-bond donors (Lipinski definition) is 0. The Bertz CT molecular complexity index is 597. The molecule has 0 aliphatic heterocycles. The zero-order chi connectivity index (χ0) is 17.9. The molecule has 0 fully saturated rings. The molecule has 0 saturated heterocycles. The van der Waals surface area contributed by atoms with E-state index in [0.717, 1.165) is 29.4 Å². The van der Waals surface area contributed by atoms with Crippen molar-refractivity contribution in [3.8, 4) is 0 Å². The Labute approximate surface area is 200 Å². The van der Waals surface area contributed by atoms with Gasteiger partial charge >= 0.3 is 24.4 Å². The fraction of sp³-hybridized carbons (Fsp3) is 0. The van der Waals surface area contributed by atoms with E-state index in [-0.39, 0.29) is 24.4 Å². The molecule has 0 saturated carbocycles. The molecule has 0 aromatic heterocycles. The second-order valence-corrected chi connectivity index (χ2v) is 7.87. The molecular weight excluding hydrogens is 530 g/mol. The van der Waals surface area contributed by atoms with Gasteiger partial charge in [-0.15, -0.1) is 0 Å². The molecule has 0 spiro atoms. The molecule has 0 amide bonds. The number of benzene rings is 3. The van der Waals surface area contributed by atoms with Crippen LogP contribution in [0.2, 0.25) is 0 Å². The molecule has 0 N–H and O–H groups in total. The molecule has 133 valence electrons. The predicted molar refractivity (Wildman–Crippen MR) is 138 cm³/mol. The average Bonchev–Trinajstić information content (AvgIpc) is 2.57. The van der Waals surface area contributed by atoms with Crippen molar-refractivity contribution < 1.29 is 0 Å². The van der Waals surface area contributed by atoms with Gasteiger partial charge < -0.3 is 0 Å². The van der Waals surface area contributed by atoms with Gasteiger partial charge in [-0.1, -0.05) is 36.4 Å². The minimum absolute atomic E-state index is 0. The first-order valence-corrected chi connectivity index (χ1v) is 9.98.